The maximum absolute atomic E-state index is 11.9. The number of nitrogens with one attached hydrogen (secondary N) is 1. The van der Waals surface area contributed by atoms with Gasteiger partial charge in [-0.3, -0.25) is 4.79 Å². The summed E-state index contributed by atoms with van der Waals surface area (Å²) in [6, 6.07) is 6.44. The molecular formula is C14H18N2O2. The highest BCUT2D eigenvalue weighted by atomic mass is 16.5. The molecule has 3 rings (SSSR count). The van der Waals surface area contributed by atoms with E-state index in [2.05, 4.69) is 16.3 Å². The van der Waals surface area contributed by atoms with E-state index in [4.69, 9.17) is 4.74 Å². The van der Waals surface area contributed by atoms with Gasteiger partial charge >= 0.3 is 0 Å². The summed E-state index contributed by atoms with van der Waals surface area (Å²) in [5.41, 5.74) is 1.92. The molecule has 2 aliphatic rings. The molecule has 0 saturated heterocycles. The minimum atomic E-state index is 0.0545. The molecule has 1 aliphatic heterocycles. The predicted octanol–water partition coefficient (Wildman–Crippen LogP) is 2.40. The quantitative estimate of drug-likeness (QED) is 0.871. The lowest BCUT2D eigenvalue weighted by Gasteiger charge is -2.36. The van der Waals surface area contributed by atoms with Crippen LogP contribution in [0.2, 0.25) is 0 Å². The molecule has 1 fully saturated rings. The number of hydrogen-bond donors (Lipinski definition) is 1. The first-order chi connectivity index (χ1) is 8.79. The van der Waals surface area contributed by atoms with E-state index in [1.165, 1.54) is 25.7 Å². The summed E-state index contributed by atoms with van der Waals surface area (Å²) >= 11 is 0. The minimum absolute atomic E-state index is 0.0545. The van der Waals surface area contributed by atoms with E-state index in [-0.39, 0.29) is 5.91 Å². The Morgan fingerprint density at radius 2 is 2.11 bits per heavy atom. The third-order valence-corrected chi connectivity index (χ3v) is 3.88. The number of carbonyl (C=O) groups excluding carboxylic acids is 1. The van der Waals surface area contributed by atoms with Crippen molar-refractivity contribution in [2.45, 2.75) is 31.7 Å². The molecule has 0 spiro atoms. The molecule has 4 nitrogen and oxygen atoms in total. The van der Waals surface area contributed by atoms with E-state index >= 15 is 0 Å². The molecule has 1 saturated carbocycles. The lowest BCUT2D eigenvalue weighted by atomic mass is 10.1. The summed E-state index contributed by atoms with van der Waals surface area (Å²) in [6.45, 7) is 0.463. The standard InChI is InChI=1S/C14H18N2O2/c1-18-12-8-4-7-11-14(12)15-13(17)9-16(11)10-5-2-3-6-10/h4,7-8,10H,2-3,5-6,9H2,1H3,(H,15,17). The van der Waals surface area contributed by atoms with E-state index in [1.807, 2.05) is 12.1 Å². The molecular weight excluding hydrogens is 228 g/mol. The first-order valence-corrected chi connectivity index (χ1v) is 6.53. The number of fused-ring (bicyclic) bond motifs is 1. The van der Waals surface area contributed by atoms with Gasteiger partial charge in [0.25, 0.3) is 0 Å². The number of benzene rings is 1. The SMILES string of the molecule is COc1cccc2c1NC(=O)CN2C1CCCC1. The number of amides is 1. The van der Waals surface area contributed by atoms with E-state index in [0.29, 0.717) is 12.6 Å². The van der Waals surface area contributed by atoms with Crippen LogP contribution in [0.1, 0.15) is 25.7 Å². The molecule has 0 aromatic heterocycles. The number of nitrogens with zero attached hydrogens (tertiary/aromatic N) is 1. The smallest absolute Gasteiger partial charge is 0.244 e. The molecule has 0 atom stereocenters. The molecule has 0 unspecified atom stereocenters. The molecule has 4 heteroatoms. The maximum atomic E-state index is 11.9. The van der Waals surface area contributed by atoms with Gasteiger partial charge in [-0.25, -0.2) is 0 Å². The van der Waals surface area contributed by atoms with Crippen molar-refractivity contribution in [3.63, 3.8) is 0 Å². The second-order valence-corrected chi connectivity index (χ2v) is 4.97. The van der Waals surface area contributed by atoms with Gasteiger partial charge in [-0.05, 0) is 25.0 Å². The molecule has 0 radical (unpaired) electrons. The summed E-state index contributed by atoms with van der Waals surface area (Å²) < 4.78 is 5.33. The number of para-hydroxylation sites is 1. The van der Waals surface area contributed by atoms with Crippen molar-refractivity contribution in [1.29, 1.82) is 0 Å². The second-order valence-electron chi connectivity index (χ2n) is 4.97. The van der Waals surface area contributed by atoms with Gasteiger partial charge in [0.05, 0.1) is 19.3 Å². The van der Waals surface area contributed by atoms with Crippen LogP contribution in [0.25, 0.3) is 0 Å². The zero-order valence-corrected chi connectivity index (χ0v) is 10.6. The molecule has 1 aromatic carbocycles. The van der Waals surface area contributed by atoms with E-state index < -0.39 is 0 Å². The van der Waals surface area contributed by atoms with E-state index in [9.17, 15) is 4.79 Å². The topological polar surface area (TPSA) is 41.6 Å². The fraction of sp³-hybridized carbons (Fsp3) is 0.500. The van der Waals surface area contributed by atoms with Gasteiger partial charge in [-0.15, -0.1) is 0 Å². The van der Waals surface area contributed by atoms with Crippen LogP contribution in [0.15, 0.2) is 18.2 Å². The highest BCUT2D eigenvalue weighted by Crippen LogP contribution is 2.40. The summed E-state index contributed by atoms with van der Waals surface area (Å²) in [5, 5.41) is 2.93. The van der Waals surface area contributed by atoms with Crippen LogP contribution >= 0.6 is 0 Å². The van der Waals surface area contributed by atoms with Crippen LogP contribution in [-0.2, 0) is 4.79 Å². The first kappa shape index (κ1) is 11.4. The maximum Gasteiger partial charge on any atom is 0.244 e. The Kier molecular flexibility index (Phi) is 2.86. The van der Waals surface area contributed by atoms with Gasteiger partial charge in [0.1, 0.15) is 11.4 Å². The average molecular weight is 246 g/mol. The van der Waals surface area contributed by atoms with Crippen molar-refractivity contribution in [1.82, 2.24) is 0 Å². The highest BCUT2D eigenvalue weighted by molar-refractivity contribution is 6.03. The van der Waals surface area contributed by atoms with Gasteiger partial charge in [0.2, 0.25) is 5.91 Å². The van der Waals surface area contributed by atoms with Crippen LogP contribution in [-0.4, -0.2) is 25.6 Å². The van der Waals surface area contributed by atoms with Gasteiger partial charge in [0.15, 0.2) is 0 Å². The van der Waals surface area contributed by atoms with Gasteiger partial charge in [-0.1, -0.05) is 18.9 Å². The zero-order chi connectivity index (χ0) is 12.5. The fourth-order valence-corrected chi connectivity index (χ4v) is 3.02. The van der Waals surface area contributed by atoms with Gasteiger partial charge < -0.3 is 15.0 Å². The predicted molar refractivity (Wildman–Crippen MR) is 71.2 cm³/mol. The zero-order valence-electron chi connectivity index (χ0n) is 10.6. The largest absolute Gasteiger partial charge is 0.494 e. The molecule has 1 heterocycles. The van der Waals surface area contributed by atoms with E-state index in [1.54, 1.807) is 7.11 Å². The Balaban J connectivity index is 2.01. The monoisotopic (exact) mass is 246 g/mol. The van der Waals surface area contributed by atoms with Crippen molar-refractivity contribution in [3.8, 4) is 5.75 Å². The van der Waals surface area contributed by atoms with Crippen molar-refractivity contribution in [2.75, 3.05) is 23.9 Å². The Morgan fingerprint density at radius 3 is 2.83 bits per heavy atom. The fourth-order valence-electron chi connectivity index (χ4n) is 3.02. The van der Waals surface area contributed by atoms with Crippen molar-refractivity contribution in [2.24, 2.45) is 0 Å². The van der Waals surface area contributed by atoms with E-state index in [0.717, 1.165) is 17.1 Å². The number of rotatable bonds is 2. The molecule has 18 heavy (non-hydrogen) atoms. The Morgan fingerprint density at radius 1 is 1.33 bits per heavy atom. The summed E-state index contributed by atoms with van der Waals surface area (Å²) in [6.07, 6.45) is 4.90. The summed E-state index contributed by atoms with van der Waals surface area (Å²) in [5.74, 6) is 0.794. The Labute approximate surface area is 107 Å². The van der Waals surface area contributed by atoms with Crippen LogP contribution in [0.4, 0.5) is 11.4 Å². The average Bonchev–Trinajstić information content (AvgIpc) is 2.90. The minimum Gasteiger partial charge on any atom is -0.494 e. The lowest BCUT2D eigenvalue weighted by molar-refractivity contribution is -0.115. The number of ether oxygens (including phenoxy) is 1. The second kappa shape index (κ2) is 4.52. The van der Waals surface area contributed by atoms with Gasteiger partial charge in [-0.2, -0.15) is 0 Å². The molecule has 0 bridgehead atoms. The molecule has 1 amide bonds. The van der Waals surface area contributed by atoms with Crippen LogP contribution in [0.5, 0.6) is 5.75 Å². The Bertz CT molecular complexity index is 467. The number of hydrogen-bond acceptors (Lipinski definition) is 3. The number of carbonyl (C=O) groups is 1. The van der Waals surface area contributed by atoms with Gasteiger partial charge in [0, 0.05) is 6.04 Å². The van der Waals surface area contributed by atoms with Crippen molar-refractivity contribution in [3.05, 3.63) is 18.2 Å². The number of methoxy groups -OCH3 is 1. The first-order valence-electron chi connectivity index (χ1n) is 6.53. The molecule has 1 aromatic rings. The third kappa shape index (κ3) is 1.82. The Hall–Kier alpha value is -1.71. The lowest BCUT2D eigenvalue weighted by Crippen LogP contribution is -2.43. The highest BCUT2D eigenvalue weighted by Gasteiger charge is 2.31. The molecule has 1 N–H and O–H groups in total. The van der Waals surface area contributed by atoms with Crippen LogP contribution in [0, 0.1) is 0 Å². The van der Waals surface area contributed by atoms with Crippen molar-refractivity contribution < 1.29 is 9.53 Å². The normalized spacial score (nSPS) is 19.6. The summed E-state index contributed by atoms with van der Waals surface area (Å²) in [7, 11) is 1.64. The summed E-state index contributed by atoms with van der Waals surface area (Å²) in [4.78, 5) is 14.1. The van der Waals surface area contributed by atoms with Crippen molar-refractivity contribution >= 4 is 17.3 Å². The van der Waals surface area contributed by atoms with Crippen LogP contribution < -0.4 is 15.0 Å². The van der Waals surface area contributed by atoms with Crippen LogP contribution in [0.3, 0.4) is 0 Å². The molecule has 1 aliphatic carbocycles. The third-order valence-electron chi connectivity index (χ3n) is 3.88. The number of anilines is 2. The molecule has 96 valence electrons.